The van der Waals surface area contributed by atoms with Crippen LogP contribution in [-0.4, -0.2) is 69.7 Å². The van der Waals surface area contributed by atoms with E-state index in [1.54, 1.807) is 0 Å². The molecule has 0 saturated carbocycles. The SMILES string of the molecule is Nc1ncnc2c1[nH]c[n+]2[C@@H]1O[C@H](COP(=O)(O)OP(=O)(O)OP(O)(O)=S)[C@@H](O)[C@H]1O. The first-order chi connectivity index (χ1) is 14.2. The van der Waals surface area contributed by atoms with Crippen LogP contribution in [0.3, 0.4) is 0 Å². The fourth-order valence-corrected chi connectivity index (χ4v) is 6.47. The number of anilines is 1. The van der Waals surface area contributed by atoms with Crippen LogP contribution in [0.25, 0.3) is 11.2 Å². The molecule has 1 fully saturated rings. The van der Waals surface area contributed by atoms with Crippen molar-refractivity contribution in [3.8, 4) is 0 Å². The number of aliphatic hydroxyl groups excluding tert-OH is 2. The van der Waals surface area contributed by atoms with Crippen molar-refractivity contribution in [1.29, 1.82) is 0 Å². The number of aliphatic hydroxyl groups is 2. The largest absolute Gasteiger partial charge is 0.488 e. The summed E-state index contributed by atoms with van der Waals surface area (Å²) in [4.78, 5) is 47.1. The Labute approximate surface area is 177 Å². The number of H-pyrrole nitrogens is 1. The third-order valence-electron chi connectivity index (χ3n) is 3.88. The first-order valence-electron chi connectivity index (χ1n) is 7.98. The van der Waals surface area contributed by atoms with Crippen LogP contribution >= 0.6 is 22.4 Å². The zero-order valence-corrected chi connectivity index (χ0v) is 18.5. The van der Waals surface area contributed by atoms with E-state index in [-0.39, 0.29) is 11.5 Å². The van der Waals surface area contributed by atoms with Gasteiger partial charge in [-0.3, -0.25) is 9.51 Å². The molecule has 0 spiro atoms. The number of fused-ring (bicyclic) bond motifs is 1. The van der Waals surface area contributed by atoms with Gasteiger partial charge in [0.2, 0.25) is 11.7 Å². The van der Waals surface area contributed by atoms with E-state index < -0.39 is 53.5 Å². The maximum Gasteiger partial charge on any atom is 0.488 e. The molecule has 31 heavy (non-hydrogen) atoms. The van der Waals surface area contributed by atoms with Gasteiger partial charge >= 0.3 is 28.0 Å². The highest BCUT2D eigenvalue weighted by Gasteiger charge is 2.48. The molecule has 0 aromatic carbocycles. The molecule has 0 radical (unpaired) electrons. The van der Waals surface area contributed by atoms with Gasteiger partial charge in [0.05, 0.1) is 6.61 Å². The molecule has 3 rings (SSSR count). The van der Waals surface area contributed by atoms with Gasteiger partial charge in [0.1, 0.15) is 18.3 Å². The van der Waals surface area contributed by atoms with E-state index in [0.717, 1.165) is 6.33 Å². The fraction of sp³-hybridized carbons (Fsp3) is 0.500. The molecule has 2 unspecified atom stereocenters. The Balaban J connectivity index is 1.69. The molecule has 174 valence electrons. The number of phosphoric ester groups is 1. The number of aromatic nitrogens is 4. The predicted octanol–water partition coefficient (Wildman–Crippen LogP) is -2.09. The maximum absolute atomic E-state index is 11.9. The minimum absolute atomic E-state index is 0.113. The number of nitrogens with two attached hydrogens (primary N) is 1. The average molecular weight is 524 g/mol. The van der Waals surface area contributed by atoms with Crippen molar-refractivity contribution < 1.29 is 61.4 Å². The van der Waals surface area contributed by atoms with Crippen molar-refractivity contribution in [2.75, 3.05) is 12.3 Å². The van der Waals surface area contributed by atoms with E-state index in [4.69, 9.17) is 20.3 Å². The highest BCUT2D eigenvalue weighted by Crippen LogP contribution is 2.66. The lowest BCUT2D eigenvalue weighted by Crippen LogP contribution is -2.45. The number of hydrogen-bond acceptors (Lipinski definition) is 12. The third-order valence-corrected chi connectivity index (χ3v) is 8.28. The molecular formula is C10H17N5O12P3S+. The zero-order chi connectivity index (χ0) is 23.2. The number of nitrogens with one attached hydrogen (secondary N) is 1. The summed E-state index contributed by atoms with van der Waals surface area (Å²) in [7, 11) is -10.8. The summed E-state index contributed by atoms with van der Waals surface area (Å²) in [6.45, 7) is -5.60. The minimum Gasteiger partial charge on any atom is -0.387 e. The number of nitrogen functional groups attached to an aromatic ring is 1. The van der Waals surface area contributed by atoms with Crippen molar-refractivity contribution in [3.05, 3.63) is 12.7 Å². The number of phosphoric acid groups is 2. The van der Waals surface area contributed by atoms with Crippen molar-refractivity contribution in [1.82, 2.24) is 15.0 Å². The van der Waals surface area contributed by atoms with Crippen LogP contribution in [0, 0.1) is 0 Å². The van der Waals surface area contributed by atoms with Crippen LogP contribution in [0.5, 0.6) is 0 Å². The van der Waals surface area contributed by atoms with E-state index in [1.807, 2.05) is 0 Å². The molecule has 0 bridgehead atoms. The second-order valence-corrected chi connectivity index (χ2v) is 11.9. The fourth-order valence-electron chi connectivity index (χ4n) is 2.68. The van der Waals surface area contributed by atoms with Gasteiger partial charge in [0.15, 0.2) is 18.5 Å². The number of imidazole rings is 1. The summed E-state index contributed by atoms with van der Waals surface area (Å²) < 4.78 is 42.2. The van der Waals surface area contributed by atoms with E-state index in [9.17, 15) is 29.1 Å². The van der Waals surface area contributed by atoms with Gasteiger partial charge in [-0.05, 0) is 11.8 Å². The summed E-state index contributed by atoms with van der Waals surface area (Å²) >= 11 is 3.97. The third kappa shape index (κ3) is 5.90. The molecule has 2 aromatic rings. The van der Waals surface area contributed by atoms with E-state index in [0.29, 0.717) is 5.52 Å². The molecule has 1 saturated heterocycles. The van der Waals surface area contributed by atoms with E-state index in [2.05, 4.69) is 39.9 Å². The van der Waals surface area contributed by atoms with Gasteiger partial charge in [0.25, 0.3) is 0 Å². The smallest absolute Gasteiger partial charge is 0.387 e. The van der Waals surface area contributed by atoms with Crippen molar-refractivity contribution in [2.24, 2.45) is 0 Å². The molecule has 1 aliphatic heterocycles. The molecule has 6 atom stereocenters. The second-order valence-electron chi connectivity index (χ2n) is 6.07. The molecule has 0 aliphatic carbocycles. The summed E-state index contributed by atoms with van der Waals surface area (Å²) in [5.74, 6) is 0.113. The number of aromatic amines is 1. The van der Waals surface area contributed by atoms with Crippen molar-refractivity contribution in [3.63, 3.8) is 0 Å². The van der Waals surface area contributed by atoms with Gasteiger partial charge in [-0.25, -0.2) is 18.0 Å². The van der Waals surface area contributed by atoms with Crippen LogP contribution in [0.1, 0.15) is 6.23 Å². The topological polar surface area (TPSA) is 264 Å². The van der Waals surface area contributed by atoms with Gasteiger partial charge in [0, 0.05) is 0 Å². The Morgan fingerprint density at radius 1 is 1.16 bits per heavy atom. The minimum atomic E-state index is -5.49. The quantitative estimate of drug-likeness (QED) is 0.136. The van der Waals surface area contributed by atoms with Crippen LogP contribution in [0.2, 0.25) is 0 Å². The lowest BCUT2D eigenvalue weighted by molar-refractivity contribution is -0.745. The summed E-state index contributed by atoms with van der Waals surface area (Å²) in [5, 5.41) is 20.5. The Hall–Kier alpha value is -0.940. The molecule has 3 heterocycles. The van der Waals surface area contributed by atoms with Gasteiger partial charge in [-0.2, -0.15) is 9.29 Å². The molecule has 9 N–H and O–H groups in total. The predicted molar refractivity (Wildman–Crippen MR) is 101 cm³/mol. The van der Waals surface area contributed by atoms with E-state index in [1.165, 1.54) is 10.9 Å². The molecular weight excluding hydrogens is 507 g/mol. The highest BCUT2D eigenvalue weighted by atomic mass is 32.5. The average Bonchev–Trinajstić information content (AvgIpc) is 3.13. The normalized spacial score (nSPS) is 28.5. The summed E-state index contributed by atoms with van der Waals surface area (Å²) in [6, 6.07) is 0. The number of rotatable bonds is 8. The molecule has 2 aromatic heterocycles. The van der Waals surface area contributed by atoms with Crippen LogP contribution < -0.4 is 10.3 Å². The lowest BCUT2D eigenvalue weighted by Gasteiger charge is -2.19. The summed E-state index contributed by atoms with van der Waals surface area (Å²) in [5.41, 5.74) is 6.26. The highest BCUT2D eigenvalue weighted by molar-refractivity contribution is 8.08. The molecule has 21 heteroatoms. The van der Waals surface area contributed by atoms with Gasteiger partial charge in [-0.1, -0.05) is 4.98 Å². The Morgan fingerprint density at radius 3 is 2.48 bits per heavy atom. The summed E-state index contributed by atoms with van der Waals surface area (Å²) in [6.07, 6.45) is -3.30. The Bertz CT molecular complexity index is 1110. The van der Waals surface area contributed by atoms with Crippen LogP contribution in [0.4, 0.5) is 5.82 Å². The van der Waals surface area contributed by atoms with Crippen LogP contribution in [0.15, 0.2) is 12.7 Å². The first-order valence-corrected chi connectivity index (χ1v) is 13.6. The van der Waals surface area contributed by atoms with Crippen LogP contribution in [-0.2, 0) is 38.8 Å². The molecule has 17 nitrogen and oxygen atoms in total. The molecule has 0 amide bonds. The Kier molecular flexibility index (Phi) is 6.99. The molecule has 1 aliphatic rings. The number of hydrogen-bond donors (Lipinski definition) is 8. The standard InChI is InChI=1S/C10H16N5O12P3S/c11-8-5-9(13-2-12-8)15(3-14-5)10-7(17)6(16)4(25-10)1-24-28(18,19)26-29(20,21)27-30(22,23)31/h2-4,6-7,10,16-17H,1H2,(H6,11,12,13,18,19,20,21,22,23,31)/p+1/t4-,6-,7-,10-/m1/s1. The van der Waals surface area contributed by atoms with Crippen molar-refractivity contribution >= 4 is 51.2 Å². The van der Waals surface area contributed by atoms with Gasteiger partial charge < -0.3 is 40.3 Å². The monoisotopic (exact) mass is 524 g/mol. The maximum atomic E-state index is 11.9. The lowest BCUT2D eigenvalue weighted by atomic mass is 10.1. The second kappa shape index (κ2) is 8.78. The first kappa shape index (κ1) is 24.7. The number of ether oxygens (including phenoxy) is 1. The van der Waals surface area contributed by atoms with E-state index >= 15 is 0 Å². The zero-order valence-electron chi connectivity index (χ0n) is 15.0. The van der Waals surface area contributed by atoms with Gasteiger partial charge in [-0.15, -0.1) is 0 Å². The Morgan fingerprint density at radius 2 is 1.84 bits per heavy atom. The van der Waals surface area contributed by atoms with Crippen molar-refractivity contribution in [2.45, 2.75) is 24.5 Å². The number of nitrogens with zero attached hydrogens (tertiary/aromatic N) is 3.